The maximum atomic E-state index is 12.3. The first kappa shape index (κ1) is 36.5. The van der Waals surface area contributed by atoms with E-state index in [1.165, 1.54) is 89.9 Å². The molecule has 0 unspecified atom stereocenters. The highest BCUT2D eigenvalue weighted by Gasteiger charge is 2.10. The quantitative estimate of drug-likeness (QED) is 0.0676. The number of ether oxygens (including phenoxy) is 2. The number of nitrogens with one attached hydrogen (secondary N) is 2. The maximum Gasteiger partial charge on any atom is 0.233 e. The Morgan fingerprint density at radius 3 is 1.33 bits per heavy atom. The molecule has 0 saturated carbocycles. The molecule has 0 aliphatic rings. The Morgan fingerprint density at radius 2 is 0.891 bits per heavy atom. The third-order valence-corrected chi connectivity index (χ3v) is 7.94. The number of benzene rings is 3. The van der Waals surface area contributed by atoms with Crippen LogP contribution in [-0.2, 0) is 9.59 Å². The Labute approximate surface area is 276 Å². The molecule has 250 valence electrons. The largest absolute Gasteiger partial charge is 0.508 e. The summed E-state index contributed by atoms with van der Waals surface area (Å²) in [6, 6.07) is 20.7. The molecule has 3 aromatic carbocycles. The van der Waals surface area contributed by atoms with Crippen LogP contribution >= 0.6 is 0 Å². The Kier molecular flexibility index (Phi) is 17.8. The summed E-state index contributed by atoms with van der Waals surface area (Å²) in [6.45, 7) is 2.88. The highest BCUT2D eigenvalue weighted by atomic mass is 16.5. The lowest BCUT2D eigenvalue weighted by Gasteiger charge is -2.10. The van der Waals surface area contributed by atoms with Gasteiger partial charge in [0.1, 0.15) is 35.2 Å². The summed E-state index contributed by atoms with van der Waals surface area (Å²) < 4.78 is 11.6. The van der Waals surface area contributed by atoms with Gasteiger partial charge in [-0.3, -0.25) is 9.59 Å². The van der Waals surface area contributed by atoms with Gasteiger partial charge in [-0.15, -0.1) is 0 Å². The van der Waals surface area contributed by atoms with Gasteiger partial charge in [0, 0.05) is 12.2 Å². The molecule has 0 heterocycles. The fraction of sp³-hybridized carbons (Fsp3) is 0.487. The fourth-order valence-electron chi connectivity index (χ4n) is 5.28. The summed E-state index contributed by atoms with van der Waals surface area (Å²) in [4.78, 5) is 24.5. The van der Waals surface area contributed by atoms with Crippen molar-refractivity contribution in [2.75, 3.05) is 11.9 Å². The van der Waals surface area contributed by atoms with E-state index in [1.54, 1.807) is 72.8 Å². The number of amides is 2. The van der Waals surface area contributed by atoms with Gasteiger partial charge in [-0.1, -0.05) is 103 Å². The van der Waals surface area contributed by atoms with Crippen molar-refractivity contribution in [2.45, 2.75) is 116 Å². The molecule has 0 radical (unpaired) electrons. The molecule has 3 N–H and O–H groups in total. The maximum absolute atomic E-state index is 12.3. The van der Waals surface area contributed by atoms with Gasteiger partial charge in [0.25, 0.3) is 0 Å². The van der Waals surface area contributed by atoms with Crippen LogP contribution in [0.4, 0.5) is 5.69 Å². The minimum absolute atomic E-state index is 0.183. The molecule has 0 saturated heterocycles. The van der Waals surface area contributed by atoms with Crippen molar-refractivity contribution in [3.63, 3.8) is 0 Å². The predicted molar refractivity (Wildman–Crippen MR) is 187 cm³/mol. The number of hydrogen-bond donors (Lipinski definition) is 3. The number of unbranched alkanes of at least 4 members (excludes halogenated alkanes) is 15. The van der Waals surface area contributed by atoms with E-state index in [0.29, 0.717) is 35.2 Å². The molecular formula is C39H54N2O5. The molecule has 46 heavy (non-hydrogen) atoms. The number of rotatable bonds is 24. The van der Waals surface area contributed by atoms with E-state index in [-0.39, 0.29) is 24.0 Å². The summed E-state index contributed by atoms with van der Waals surface area (Å²) in [5.41, 5.74) is 0.598. The highest BCUT2D eigenvalue weighted by molar-refractivity contribution is 6.03. The van der Waals surface area contributed by atoms with Gasteiger partial charge in [-0.2, -0.15) is 0 Å². The summed E-state index contributed by atoms with van der Waals surface area (Å²) in [7, 11) is 0. The number of phenols is 1. The third-order valence-electron chi connectivity index (χ3n) is 7.94. The Hall–Kier alpha value is -4.00. The number of hydrogen-bond acceptors (Lipinski definition) is 5. The van der Waals surface area contributed by atoms with E-state index < -0.39 is 0 Å². The number of phenolic OH excluding ortho intramolecular Hbond substituents is 1. The Morgan fingerprint density at radius 1 is 0.522 bits per heavy atom. The SMILES string of the molecule is CCCCCCCCCCCCCCCCCCNC(=O)CC(=O)Nc1ccc(Oc2ccc(Oc3ccc(O)cc3)cc2)cc1. The van der Waals surface area contributed by atoms with E-state index in [9.17, 15) is 14.7 Å². The monoisotopic (exact) mass is 630 g/mol. The second kappa shape index (κ2) is 22.5. The van der Waals surface area contributed by atoms with Crippen LogP contribution in [0.2, 0.25) is 0 Å². The number of anilines is 1. The Bertz CT molecular complexity index is 1240. The molecule has 0 atom stereocenters. The second-order valence-electron chi connectivity index (χ2n) is 12.1. The zero-order chi connectivity index (χ0) is 32.7. The summed E-state index contributed by atoms with van der Waals surface area (Å²) in [5, 5.41) is 15.0. The van der Waals surface area contributed by atoms with Crippen LogP contribution in [0, 0.1) is 0 Å². The van der Waals surface area contributed by atoms with Crippen molar-refractivity contribution in [3.8, 4) is 28.7 Å². The summed E-state index contributed by atoms with van der Waals surface area (Å²) >= 11 is 0. The van der Waals surface area contributed by atoms with Gasteiger partial charge in [-0.25, -0.2) is 0 Å². The smallest absolute Gasteiger partial charge is 0.233 e. The van der Waals surface area contributed by atoms with Gasteiger partial charge in [-0.05, 0) is 79.2 Å². The van der Waals surface area contributed by atoms with Crippen molar-refractivity contribution in [3.05, 3.63) is 72.8 Å². The lowest BCUT2D eigenvalue weighted by Crippen LogP contribution is -2.28. The first-order chi connectivity index (χ1) is 22.5. The van der Waals surface area contributed by atoms with Gasteiger partial charge < -0.3 is 25.2 Å². The molecule has 0 fully saturated rings. The average Bonchev–Trinajstić information content (AvgIpc) is 3.05. The summed E-state index contributed by atoms with van der Waals surface area (Å²) in [5.74, 6) is 2.10. The second-order valence-corrected chi connectivity index (χ2v) is 12.1. The van der Waals surface area contributed by atoms with Gasteiger partial charge in [0.2, 0.25) is 11.8 Å². The molecule has 0 bridgehead atoms. The van der Waals surface area contributed by atoms with E-state index >= 15 is 0 Å². The molecular weight excluding hydrogens is 576 g/mol. The molecule has 0 aromatic heterocycles. The van der Waals surface area contributed by atoms with Crippen LogP contribution in [0.3, 0.4) is 0 Å². The molecule has 0 aliphatic carbocycles. The minimum Gasteiger partial charge on any atom is -0.508 e. The fourth-order valence-corrected chi connectivity index (χ4v) is 5.28. The normalized spacial score (nSPS) is 10.8. The van der Waals surface area contributed by atoms with Crippen molar-refractivity contribution in [2.24, 2.45) is 0 Å². The zero-order valence-electron chi connectivity index (χ0n) is 27.7. The van der Waals surface area contributed by atoms with Crippen molar-refractivity contribution in [1.82, 2.24) is 5.32 Å². The van der Waals surface area contributed by atoms with Crippen LogP contribution in [0.5, 0.6) is 28.7 Å². The van der Waals surface area contributed by atoms with E-state index in [2.05, 4.69) is 17.6 Å². The van der Waals surface area contributed by atoms with Gasteiger partial charge >= 0.3 is 0 Å². The Balaban J connectivity index is 1.17. The standard InChI is InChI=1S/C39H54N2O5/c1-2-3-4-5-6-7-8-9-10-11-12-13-14-15-16-17-30-40-38(43)31-39(44)41-32-18-22-34(23-19-32)45-36-26-28-37(29-27-36)46-35-24-20-33(42)21-25-35/h18-29,42H,2-17,30-31H2,1H3,(H,40,43)(H,41,44). The molecule has 2 amide bonds. The first-order valence-electron chi connectivity index (χ1n) is 17.4. The van der Waals surface area contributed by atoms with E-state index in [1.807, 2.05) is 0 Å². The highest BCUT2D eigenvalue weighted by Crippen LogP contribution is 2.28. The number of carbonyl (C=O) groups is 2. The molecule has 7 nitrogen and oxygen atoms in total. The minimum atomic E-state index is -0.345. The molecule has 0 aliphatic heterocycles. The van der Waals surface area contributed by atoms with E-state index in [4.69, 9.17) is 9.47 Å². The number of carbonyl (C=O) groups excluding carboxylic acids is 2. The molecule has 3 rings (SSSR count). The lowest BCUT2D eigenvalue weighted by atomic mass is 10.0. The molecule has 3 aromatic rings. The number of aromatic hydroxyl groups is 1. The average molecular weight is 631 g/mol. The van der Waals surface area contributed by atoms with Crippen molar-refractivity contribution >= 4 is 17.5 Å². The third kappa shape index (κ3) is 16.4. The summed E-state index contributed by atoms with van der Waals surface area (Å²) in [6.07, 6.45) is 20.9. The van der Waals surface area contributed by atoms with Gasteiger partial charge in [0.05, 0.1) is 0 Å². The van der Waals surface area contributed by atoms with Crippen molar-refractivity contribution < 1.29 is 24.2 Å². The van der Waals surface area contributed by atoms with Crippen LogP contribution in [0.15, 0.2) is 72.8 Å². The van der Waals surface area contributed by atoms with Crippen LogP contribution < -0.4 is 20.1 Å². The lowest BCUT2D eigenvalue weighted by molar-refractivity contribution is -0.126. The molecule has 7 heteroatoms. The van der Waals surface area contributed by atoms with Crippen LogP contribution in [0.25, 0.3) is 0 Å². The van der Waals surface area contributed by atoms with Crippen LogP contribution in [-0.4, -0.2) is 23.5 Å². The molecule has 0 spiro atoms. The van der Waals surface area contributed by atoms with Gasteiger partial charge in [0.15, 0.2) is 0 Å². The topological polar surface area (TPSA) is 96.9 Å². The van der Waals surface area contributed by atoms with Crippen LogP contribution in [0.1, 0.15) is 116 Å². The van der Waals surface area contributed by atoms with Crippen molar-refractivity contribution in [1.29, 1.82) is 0 Å². The predicted octanol–water partition coefficient (Wildman–Crippen LogP) is 10.7. The zero-order valence-corrected chi connectivity index (χ0v) is 27.7. The van der Waals surface area contributed by atoms with E-state index in [0.717, 1.165) is 12.8 Å². The first-order valence-corrected chi connectivity index (χ1v) is 17.4.